The van der Waals surface area contributed by atoms with Gasteiger partial charge in [0, 0.05) is 6.54 Å². The number of carbonyl (C=O) groups is 3. The molecule has 2 amide bonds. The molecule has 0 atom stereocenters. The van der Waals surface area contributed by atoms with Crippen molar-refractivity contribution in [2.45, 2.75) is 52.7 Å². The van der Waals surface area contributed by atoms with Gasteiger partial charge in [0.25, 0.3) is 5.91 Å². The number of rotatable bonds is 11. The van der Waals surface area contributed by atoms with E-state index < -0.39 is 23.3 Å². The molecule has 0 saturated carbocycles. The van der Waals surface area contributed by atoms with E-state index in [1.165, 1.54) is 5.06 Å². The number of aliphatic carboxylic acids is 1. The highest BCUT2D eigenvalue weighted by molar-refractivity contribution is 8.00. The molecular weight excluding hydrogens is 376 g/mol. The van der Waals surface area contributed by atoms with Crippen LogP contribution < -0.4 is 5.32 Å². The Labute approximate surface area is 165 Å². The van der Waals surface area contributed by atoms with Crippen LogP contribution in [0.4, 0.5) is 4.79 Å². The largest absolute Gasteiger partial charge is 0.481 e. The van der Waals surface area contributed by atoms with Crippen LogP contribution >= 0.6 is 11.8 Å². The Bertz CT molecular complexity index is 487. The Morgan fingerprint density at radius 3 is 2.15 bits per heavy atom. The third-order valence-electron chi connectivity index (χ3n) is 2.47. The van der Waals surface area contributed by atoms with Crippen LogP contribution in [-0.2, 0) is 23.9 Å². The predicted molar refractivity (Wildman–Crippen MR) is 103 cm³/mol. The molecule has 0 aliphatic carbocycles. The lowest BCUT2D eigenvalue weighted by atomic mass is 10.2. The predicted octanol–water partition coefficient (Wildman–Crippen LogP) is 1.90. The molecule has 0 rings (SSSR count). The molecule has 0 spiro atoms. The SMILES string of the molecule is CC(C)(C)OC(=O)NCCOCCN(OC(C)(C)C)C(=O)CSCC(=O)O. The molecule has 0 aliphatic rings. The van der Waals surface area contributed by atoms with Gasteiger partial charge in [-0.3, -0.25) is 14.4 Å². The van der Waals surface area contributed by atoms with Gasteiger partial charge < -0.3 is 19.9 Å². The average Bonchev–Trinajstić information content (AvgIpc) is 2.45. The first kappa shape index (κ1) is 25.5. The molecule has 9 nitrogen and oxygen atoms in total. The molecule has 0 bridgehead atoms. The standard InChI is InChI=1S/C17H32N2O7S/c1-16(2,3)25-15(23)18-7-9-24-10-8-19(26-17(4,5)6)13(20)11-27-12-14(21)22/h7-12H2,1-6H3,(H,18,23)(H,21,22). The van der Waals surface area contributed by atoms with Crippen LogP contribution in [0.1, 0.15) is 41.5 Å². The van der Waals surface area contributed by atoms with Crippen molar-refractivity contribution in [3.63, 3.8) is 0 Å². The van der Waals surface area contributed by atoms with E-state index in [1.807, 2.05) is 20.8 Å². The summed E-state index contributed by atoms with van der Waals surface area (Å²) in [5.41, 5.74) is -1.14. The highest BCUT2D eigenvalue weighted by atomic mass is 32.2. The molecular formula is C17H32N2O7S. The van der Waals surface area contributed by atoms with Crippen molar-refractivity contribution < 1.29 is 33.8 Å². The second kappa shape index (κ2) is 12.0. The van der Waals surface area contributed by atoms with Gasteiger partial charge in [0.15, 0.2) is 0 Å². The quantitative estimate of drug-likeness (QED) is 0.394. The molecule has 0 saturated heterocycles. The number of amides is 2. The zero-order chi connectivity index (χ0) is 21.1. The molecule has 27 heavy (non-hydrogen) atoms. The van der Waals surface area contributed by atoms with Crippen molar-refractivity contribution in [1.29, 1.82) is 0 Å². The Kier molecular flexibility index (Phi) is 11.4. The number of carboxylic acid groups (broad SMARTS) is 1. The van der Waals surface area contributed by atoms with Gasteiger partial charge in [0.1, 0.15) is 5.60 Å². The summed E-state index contributed by atoms with van der Waals surface area (Å²) in [4.78, 5) is 39.8. The summed E-state index contributed by atoms with van der Waals surface area (Å²) >= 11 is 1.01. The van der Waals surface area contributed by atoms with E-state index in [0.717, 1.165) is 11.8 Å². The Balaban J connectivity index is 4.20. The van der Waals surface area contributed by atoms with E-state index in [2.05, 4.69) is 5.32 Å². The lowest BCUT2D eigenvalue weighted by Crippen LogP contribution is -2.41. The lowest BCUT2D eigenvalue weighted by Gasteiger charge is -2.29. The van der Waals surface area contributed by atoms with Crippen molar-refractivity contribution in [3.8, 4) is 0 Å². The van der Waals surface area contributed by atoms with E-state index in [0.29, 0.717) is 0 Å². The number of thioether (sulfide) groups is 1. The summed E-state index contributed by atoms with van der Waals surface area (Å²) in [6.45, 7) is 11.7. The van der Waals surface area contributed by atoms with Gasteiger partial charge in [0.05, 0.1) is 36.9 Å². The van der Waals surface area contributed by atoms with Crippen LogP contribution in [0.3, 0.4) is 0 Å². The Morgan fingerprint density at radius 2 is 1.63 bits per heavy atom. The highest BCUT2D eigenvalue weighted by Crippen LogP contribution is 2.12. The fourth-order valence-electron chi connectivity index (χ4n) is 1.64. The number of nitrogens with zero attached hydrogens (tertiary/aromatic N) is 1. The van der Waals surface area contributed by atoms with Gasteiger partial charge in [-0.15, -0.1) is 11.8 Å². The summed E-state index contributed by atoms with van der Waals surface area (Å²) < 4.78 is 10.5. The van der Waals surface area contributed by atoms with Crippen molar-refractivity contribution >= 4 is 29.7 Å². The molecule has 0 aliphatic heterocycles. The maximum absolute atomic E-state index is 12.2. The van der Waals surface area contributed by atoms with Gasteiger partial charge in [-0.1, -0.05) is 0 Å². The zero-order valence-electron chi connectivity index (χ0n) is 17.0. The first-order chi connectivity index (χ1) is 12.3. The molecule has 158 valence electrons. The van der Waals surface area contributed by atoms with E-state index in [-0.39, 0.29) is 43.7 Å². The third kappa shape index (κ3) is 16.4. The Hall–Kier alpha value is -1.52. The van der Waals surface area contributed by atoms with Crippen LogP contribution in [0.5, 0.6) is 0 Å². The first-order valence-corrected chi connectivity index (χ1v) is 9.79. The van der Waals surface area contributed by atoms with Crippen molar-refractivity contribution in [2.75, 3.05) is 37.8 Å². The number of hydroxylamine groups is 2. The molecule has 0 unspecified atom stereocenters. The van der Waals surface area contributed by atoms with E-state index in [4.69, 9.17) is 19.4 Å². The second-order valence-electron chi connectivity index (χ2n) is 7.63. The molecule has 10 heteroatoms. The van der Waals surface area contributed by atoms with Gasteiger partial charge >= 0.3 is 12.1 Å². The molecule has 2 N–H and O–H groups in total. The number of carboxylic acids is 1. The number of hydrogen-bond acceptors (Lipinski definition) is 7. The number of alkyl carbamates (subject to hydrolysis) is 1. The lowest BCUT2D eigenvalue weighted by molar-refractivity contribution is -0.228. The topological polar surface area (TPSA) is 114 Å². The molecule has 0 aromatic carbocycles. The highest BCUT2D eigenvalue weighted by Gasteiger charge is 2.22. The zero-order valence-corrected chi connectivity index (χ0v) is 17.8. The van der Waals surface area contributed by atoms with E-state index >= 15 is 0 Å². The number of nitrogens with one attached hydrogen (secondary N) is 1. The summed E-state index contributed by atoms with van der Waals surface area (Å²) in [5, 5.41) is 12.4. The third-order valence-corrected chi connectivity index (χ3v) is 3.37. The van der Waals surface area contributed by atoms with Crippen LogP contribution in [0.15, 0.2) is 0 Å². The van der Waals surface area contributed by atoms with Crippen LogP contribution in [-0.4, -0.2) is 77.2 Å². The van der Waals surface area contributed by atoms with Gasteiger partial charge in [-0.25, -0.2) is 9.86 Å². The molecule has 0 aromatic rings. The minimum atomic E-state index is -0.975. The second-order valence-corrected chi connectivity index (χ2v) is 8.61. The van der Waals surface area contributed by atoms with Crippen molar-refractivity contribution in [2.24, 2.45) is 0 Å². The summed E-state index contributed by atoms with van der Waals surface area (Å²) in [6.07, 6.45) is -0.519. The molecule has 0 radical (unpaired) electrons. The summed E-state index contributed by atoms with van der Waals surface area (Å²) in [5.74, 6) is -1.45. The minimum absolute atomic E-state index is 0.00256. The van der Waals surface area contributed by atoms with Crippen molar-refractivity contribution in [1.82, 2.24) is 10.4 Å². The molecule has 0 heterocycles. The molecule has 0 aromatic heterocycles. The van der Waals surface area contributed by atoms with E-state index in [9.17, 15) is 14.4 Å². The fourth-order valence-corrected chi connectivity index (χ4v) is 2.23. The number of ether oxygens (including phenoxy) is 2. The van der Waals surface area contributed by atoms with Crippen LogP contribution in [0.2, 0.25) is 0 Å². The van der Waals surface area contributed by atoms with Gasteiger partial charge in [-0.05, 0) is 41.5 Å². The number of hydrogen-bond donors (Lipinski definition) is 2. The first-order valence-electron chi connectivity index (χ1n) is 8.64. The van der Waals surface area contributed by atoms with Gasteiger partial charge in [-0.2, -0.15) is 0 Å². The maximum Gasteiger partial charge on any atom is 0.407 e. The average molecular weight is 409 g/mol. The van der Waals surface area contributed by atoms with Crippen LogP contribution in [0, 0.1) is 0 Å². The Morgan fingerprint density at radius 1 is 1.00 bits per heavy atom. The smallest absolute Gasteiger partial charge is 0.407 e. The van der Waals surface area contributed by atoms with Crippen LogP contribution in [0.25, 0.3) is 0 Å². The van der Waals surface area contributed by atoms with Gasteiger partial charge in [0.2, 0.25) is 0 Å². The summed E-state index contributed by atoms with van der Waals surface area (Å²) in [6, 6.07) is 0. The fraction of sp³-hybridized carbons (Fsp3) is 0.824. The van der Waals surface area contributed by atoms with Crippen molar-refractivity contribution in [3.05, 3.63) is 0 Å². The monoisotopic (exact) mass is 408 g/mol. The maximum atomic E-state index is 12.2. The minimum Gasteiger partial charge on any atom is -0.481 e. The summed E-state index contributed by atoms with van der Waals surface area (Å²) in [7, 11) is 0. The normalized spacial score (nSPS) is 11.8. The van der Waals surface area contributed by atoms with E-state index in [1.54, 1.807) is 20.8 Å². The number of carbonyl (C=O) groups excluding carboxylic acids is 2. The molecule has 0 fully saturated rings.